The van der Waals surface area contributed by atoms with Crippen LogP contribution in [-0.4, -0.2) is 25.1 Å². The number of hydrogen-bond donors (Lipinski definition) is 3. The first-order valence-electron chi connectivity index (χ1n) is 11.8. The number of nitrogens with zero attached hydrogens (tertiary/aromatic N) is 3. The Morgan fingerprint density at radius 1 is 1.19 bits per heavy atom. The zero-order valence-electron chi connectivity index (χ0n) is 20.6. The zero-order valence-corrected chi connectivity index (χ0v) is 21.4. The predicted molar refractivity (Wildman–Crippen MR) is 151 cm³/mol. The number of aromatic amines is 2. The molecule has 0 saturated heterocycles. The van der Waals surface area contributed by atoms with Crippen molar-refractivity contribution in [1.29, 1.82) is 0 Å². The molecule has 3 N–H and O–H groups in total. The molecule has 180 valence electrons. The maximum absolute atomic E-state index is 4.95. The summed E-state index contributed by atoms with van der Waals surface area (Å²) in [6.07, 6.45) is 7.67. The van der Waals surface area contributed by atoms with E-state index >= 15 is 0 Å². The molecule has 36 heavy (non-hydrogen) atoms. The molecule has 0 fully saturated rings. The number of H-pyrrole nitrogens is 2. The van der Waals surface area contributed by atoms with Gasteiger partial charge in [0.2, 0.25) is 0 Å². The average molecular weight is 493 g/mol. The van der Waals surface area contributed by atoms with Crippen LogP contribution in [0.2, 0.25) is 0 Å². The lowest BCUT2D eigenvalue weighted by Gasteiger charge is -2.14. The number of rotatable bonds is 8. The Balaban J connectivity index is 1.56. The summed E-state index contributed by atoms with van der Waals surface area (Å²) in [4.78, 5) is 13.1. The van der Waals surface area contributed by atoms with E-state index in [0.717, 1.165) is 61.7 Å². The summed E-state index contributed by atoms with van der Waals surface area (Å²) in [7, 11) is 0. The van der Waals surface area contributed by atoms with Gasteiger partial charge in [-0.2, -0.15) is 16.4 Å². The van der Waals surface area contributed by atoms with Crippen LogP contribution in [0.5, 0.6) is 0 Å². The van der Waals surface area contributed by atoms with E-state index in [2.05, 4.69) is 75.4 Å². The number of fused-ring (bicyclic) bond motifs is 2. The summed E-state index contributed by atoms with van der Waals surface area (Å²) in [5.41, 5.74) is 9.39. The van der Waals surface area contributed by atoms with Crippen LogP contribution < -0.4 is 5.32 Å². The van der Waals surface area contributed by atoms with Gasteiger partial charge in [-0.3, -0.25) is 10.1 Å². The van der Waals surface area contributed by atoms with Crippen molar-refractivity contribution in [2.24, 2.45) is 5.92 Å². The van der Waals surface area contributed by atoms with Gasteiger partial charge in [0.25, 0.3) is 0 Å². The van der Waals surface area contributed by atoms with Crippen molar-refractivity contribution in [1.82, 2.24) is 30.5 Å². The third kappa shape index (κ3) is 4.41. The SMILES string of the molecule is C=C/C(=C\C(=C/C)c1cc2c(-c3nc4c(-c5ccsc5)cccc4[nH]3)n[nH]c2cn1)NC(=C)C(C)C. The summed E-state index contributed by atoms with van der Waals surface area (Å²) in [5.74, 6) is 1.03. The number of imidazole rings is 1. The van der Waals surface area contributed by atoms with E-state index in [1.807, 2.05) is 43.5 Å². The number of thiophene rings is 1. The summed E-state index contributed by atoms with van der Waals surface area (Å²) in [6, 6.07) is 10.4. The van der Waals surface area contributed by atoms with Crippen molar-refractivity contribution >= 4 is 38.8 Å². The first-order valence-corrected chi connectivity index (χ1v) is 12.7. The molecule has 1 aromatic carbocycles. The molecule has 4 heterocycles. The fourth-order valence-electron chi connectivity index (χ4n) is 4.00. The molecular formula is C29H28N6S. The first kappa shape index (κ1) is 23.5. The molecule has 5 aromatic rings. The van der Waals surface area contributed by atoms with Crippen molar-refractivity contribution in [2.45, 2.75) is 20.8 Å². The standard InChI is InChI=1S/C29H28N6S/c1-6-19(13-21(7-2)31-18(5)17(3)4)25-14-23-26(15-30-25)34-35-28(23)29-32-24-10-8-9-22(27(24)33-29)20-11-12-36-16-20/h6-17,31H,2,5H2,1,3-4H3,(H,32,33)(H,34,35)/b19-6+,21-13+. The Kier molecular flexibility index (Phi) is 6.40. The minimum atomic E-state index is 0.314. The lowest BCUT2D eigenvalue weighted by atomic mass is 10.1. The summed E-state index contributed by atoms with van der Waals surface area (Å²) in [5, 5.41) is 16.2. The van der Waals surface area contributed by atoms with Crippen LogP contribution >= 0.6 is 11.3 Å². The van der Waals surface area contributed by atoms with E-state index in [4.69, 9.17) is 4.98 Å². The van der Waals surface area contributed by atoms with Gasteiger partial charge < -0.3 is 10.3 Å². The van der Waals surface area contributed by atoms with Gasteiger partial charge in [-0.05, 0) is 65.1 Å². The Hall–Kier alpha value is -4.23. The molecule has 0 spiro atoms. The highest BCUT2D eigenvalue weighted by Gasteiger charge is 2.16. The van der Waals surface area contributed by atoms with Crippen LogP contribution in [0, 0.1) is 5.92 Å². The molecule has 0 aliphatic rings. The lowest BCUT2D eigenvalue weighted by molar-refractivity contribution is 0.710. The van der Waals surface area contributed by atoms with Crippen LogP contribution in [0.15, 0.2) is 90.1 Å². The average Bonchev–Trinajstić information content (AvgIpc) is 3.64. The molecule has 6 nitrogen and oxygen atoms in total. The smallest absolute Gasteiger partial charge is 0.159 e. The second-order valence-corrected chi connectivity index (χ2v) is 9.62. The van der Waals surface area contributed by atoms with Gasteiger partial charge >= 0.3 is 0 Å². The number of allylic oxidation sites excluding steroid dienone is 5. The topological polar surface area (TPSA) is 82.3 Å². The van der Waals surface area contributed by atoms with E-state index in [1.54, 1.807) is 17.4 Å². The number of benzene rings is 1. The second-order valence-electron chi connectivity index (χ2n) is 8.84. The molecule has 0 amide bonds. The monoisotopic (exact) mass is 492 g/mol. The first-order chi connectivity index (χ1) is 17.5. The van der Waals surface area contributed by atoms with Gasteiger partial charge in [-0.1, -0.05) is 45.2 Å². The summed E-state index contributed by atoms with van der Waals surface area (Å²) < 4.78 is 0. The van der Waals surface area contributed by atoms with Gasteiger partial charge in [0.1, 0.15) is 5.69 Å². The van der Waals surface area contributed by atoms with E-state index in [1.165, 1.54) is 5.56 Å². The molecule has 0 radical (unpaired) electrons. The molecule has 5 rings (SSSR count). The molecular weight excluding hydrogens is 464 g/mol. The molecule has 7 heteroatoms. The van der Waals surface area contributed by atoms with Crippen LogP contribution in [-0.2, 0) is 0 Å². The number of para-hydroxylation sites is 1. The third-order valence-electron chi connectivity index (χ3n) is 6.16. The predicted octanol–water partition coefficient (Wildman–Crippen LogP) is 7.46. The molecule has 4 aromatic heterocycles. The minimum Gasteiger partial charge on any atom is -0.359 e. The lowest BCUT2D eigenvalue weighted by Crippen LogP contribution is -2.14. The van der Waals surface area contributed by atoms with Crippen molar-refractivity contribution in [3.05, 3.63) is 95.8 Å². The Labute approximate surface area is 214 Å². The molecule has 0 bridgehead atoms. The molecule has 0 atom stereocenters. The van der Waals surface area contributed by atoms with Gasteiger partial charge in [0, 0.05) is 22.3 Å². The largest absolute Gasteiger partial charge is 0.359 e. The number of hydrogen-bond acceptors (Lipinski definition) is 5. The Morgan fingerprint density at radius 2 is 2.06 bits per heavy atom. The third-order valence-corrected chi connectivity index (χ3v) is 6.84. The number of pyridine rings is 1. The van der Waals surface area contributed by atoms with Gasteiger partial charge in [-0.15, -0.1) is 0 Å². The highest BCUT2D eigenvalue weighted by atomic mass is 32.1. The van der Waals surface area contributed by atoms with E-state index in [-0.39, 0.29) is 0 Å². The van der Waals surface area contributed by atoms with Crippen molar-refractivity contribution in [3.63, 3.8) is 0 Å². The maximum atomic E-state index is 4.95. The second kappa shape index (κ2) is 9.79. The molecule has 0 aliphatic carbocycles. The van der Waals surface area contributed by atoms with Gasteiger partial charge in [-0.25, -0.2) is 4.98 Å². The van der Waals surface area contributed by atoms with Crippen LogP contribution in [0.3, 0.4) is 0 Å². The summed E-state index contributed by atoms with van der Waals surface area (Å²) >= 11 is 1.68. The number of aromatic nitrogens is 5. The number of nitrogens with one attached hydrogen (secondary N) is 3. The molecule has 0 aliphatic heterocycles. The van der Waals surface area contributed by atoms with Gasteiger partial charge in [0.05, 0.1) is 28.4 Å². The van der Waals surface area contributed by atoms with Crippen LogP contribution in [0.4, 0.5) is 0 Å². The van der Waals surface area contributed by atoms with E-state index in [9.17, 15) is 0 Å². The summed E-state index contributed by atoms with van der Waals surface area (Å²) in [6.45, 7) is 14.3. The molecule has 0 unspecified atom stereocenters. The van der Waals surface area contributed by atoms with Crippen molar-refractivity contribution in [3.8, 4) is 22.6 Å². The maximum Gasteiger partial charge on any atom is 0.159 e. The zero-order chi connectivity index (χ0) is 25.2. The van der Waals surface area contributed by atoms with E-state index < -0.39 is 0 Å². The van der Waals surface area contributed by atoms with Crippen molar-refractivity contribution < 1.29 is 0 Å². The Bertz CT molecular complexity index is 1630. The van der Waals surface area contributed by atoms with Gasteiger partial charge in [0.15, 0.2) is 5.82 Å². The fourth-order valence-corrected chi connectivity index (χ4v) is 4.65. The van der Waals surface area contributed by atoms with Crippen molar-refractivity contribution in [2.75, 3.05) is 0 Å². The molecule has 0 saturated carbocycles. The minimum absolute atomic E-state index is 0.314. The fraction of sp³-hybridized carbons (Fsp3) is 0.138. The van der Waals surface area contributed by atoms with E-state index in [0.29, 0.717) is 5.92 Å². The normalized spacial score (nSPS) is 12.6. The van der Waals surface area contributed by atoms with Crippen LogP contribution in [0.25, 0.3) is 50.2 Å². The highest BCUT2D eigenvalue weighted by Crippen LogP contribution is 2.33. The quantitative estimate of drug-likeness (QED) is 0.196. The van der Waals surface area contributed by atoms with Crippen LogP contribution in [0.1, 0.15) is 26.5 Å². The highest BCUT2D eigenvalue weighted by molar-refractivity contribution is 7.08. The Morgan fingerprint density at radius 3 is 2.78 bits per heavy atom.